The molecule has 2 aromatic rings. The van der Waals surface area contributed by atoms with Crippen LogP contribution in [0.4, 0.5) is 0 Å². The average molecular weight is 587 g/mol. The molecule has 230 valence electrons. The van der Waals surface area contributed by atoms with E-state index in [9.17, 15) is 14.7 Å². The second-order valence-corrected chi connectivity index (χ2v) is 13.4. The maximum Gasteiger partial charge on any atom is 0.222 e. The minimum Gasteiger partial charge on any atom is -0.508 e. The minimum atomic E-state index is -0.266. The molecule has 0 unspecified atom stereocenters. The monoisotopic (exact) mass is 586 g/mol. The highest BCUT2D eigenvalue weighted by Gasteiger charge is 2.67. The first-order valence-electron chi connectivity index (χ1n) is 16.1. The summed E-state index contributed by atoms with van der Waals surface area (Å²) in [6.45, 7) is 10.8. The van der Waals surface area contributed by atoms with Gasteiger partial charge in [-0.15, -0.1) is 6.58 Å². The fourth-order valence-electron chi connectivity index (χ4n) is 8.80. The van der Waals surface area contributed by atoms with E-state index in [-0.39, 0.29) is 35.0 Å². The summed E-state index contributed by atoms with van der Waals surface area (Å²) in [7, 11) is 1.63. The Bertz CT molecular complexity index is 1370. The highest BCUT2D eigenvalue weighted by molar-refractivity contribution is 5.96. The molecule has 6 rings (SSSR count). The van der Waals surface area contributed by atoms with Gasteiger partial charge in [0.15, 0.2) is 17.3 Å². The highest BCUT2D eigenvalue weighted by atomic mass is 16.5. The van der Waals surface area contributed by atoms with E-state index in [1.165, 1.54) is 0 Å². The van der Waals surface area contributed by atoms with Gasteiger partial charge in [-0.1, -0.05) is 50.3 Å². The number of amides is 1. The molecule has 4 aliphatic rings. The summed E-state index contributed by atoms with van der Waals surface area (Å²) < 4.78 is 12.7. The van der Waals surface area contributed by atoms with E-state index >= 15 is 0 Å². The Morgan fingerprint density at radius 1 is 1.21 bits per heavy atom. The normalized spacial score (nSPS) is 26.9. The second-order valence-electron chi connectivity index (χ2n) is 13.4. The molecule has 7 nitrogen and oxygen atoms in total. The third kappa shape index (κ3) is 5.03. The molecule has 2 aliphatic carbocycles. The number of methoxy groups -OCH3 is 1. The molecular weight excluding hydrogens is 540 g/mol. The first-order valence-corrected chi connectivity index (χ1v) is 16.1. The molecule has 1 saturated heterocycles. The SMILES string of the molecule is C=CCN1CC[C@]23c4c5c(O)cc(OC)c4O[C@H]2[C@H](N(CC(C)C)C(=O)CCCCC(=O)c2ccccc2)CC[C@H]3[C@H]1C5. The van der Waals surface area contributed by atoms with Crippen molar-refractivity contribution in [2.75, 3.05) is 26.7 Å². The summed E-state index contributed by atoms with van der Waals surface area (Å²) in [4.78, 5) is 31.2. The Morgan fingerprint density at radius 2 is 1.98 bits per heavy atom. The lowest BCUT2D eigenvalue weighted by atomic mass is 9.50. The van der Waals surface area contributed by atoms with Crippen molar-refractivity contribution < 1.29 is 24.2 Å². The molecule has 1 amide bonds. The Kier molecular flexibility index (Phi) is 8.29. The standard InChI is InChI=1S/C36H46N2O5/c1-5-18-37-19-17-36-26-15-16-27(35(36)43-34-31(42-4)21-30(40)25(33(34)36)20-28(26)37)38(22-23(2)3)32(41)14-10-9-13-29(39)24-11-7-6-8-12-24/h5-8,11-12,21,23,26-28,35,40H,1,9-10,13-20,22H2,2-4H3/t26-,27+,28+,35-,36-/m0/s1. The van der Waals surface area contributed by atoms with Gasteiger partial charge in [-0.2, -0.15) is 0 Å². The second kappa shape index (κ2) is 12.0. The number of carbonyl (C=O) groups is 2. The lowest BCUT2D eigenvalue weighted by Gasteiger charge is -2.60. The summed E-state index contributed by atoms with van der Waals surface area (Å²) >= 11 is 0. The molecule has 1 saturated carbocycles. The number of phenolic OH excluding ortho intramolecular Hbond substituents is 1. The first-order chi connectivity index (χ1) is 20.8. The third-order valence-corrected chi connectivity index (χ3v) is 10.5. The Labute approximate surface area is 255 Å². The van der Waals surface area contributed by atoms with Gasteiger partial charge in [0.25, 0.3) is 0 Å². The molecule has 2 aromatic carbocycles. The van der Waals surface area contributed by atoms with Gasteiger partial charge in [0.05, 0.1) is 13.2 Å². The number of hydrogen-bond donors (Lipinski definition) is 1. The van der Waals surface area contributed by atoms with E-state index in [1.807, 2.05) is 36.4 Å². The molecule has 2 heterocycles. The number of phenols is 1. The van der Waals surface area contributed by atoms with E-state index in [1.54, 1.807) is 13.2 Å². The number of piperidine rings is 1. The molecule has 1 N–H and O–H groups in total. The van der Waals surface area contributed by atoms with Gasteiger partial charge >= 0.3 is 0 Å². The predicted molar refractivity (Wildman–Crippen MR) is 167 cm³/mol. The summed E-state index contributed by atoms with van der Waals surface area (Å²) in [5.74, 6) is 2.59. The van der Waals surface area contributed by atoms with Crippen molar-refractivity contribution in [3.05, 3.63) is 65.7 Å². The number of hydrogen-bond acceptors (Lipinski definition) is 6. The number of unbranched alkanes of at least 4 members (excludes halogenated alkanes) is 1. The van der Waals surface area contributed by atoms with Crippen LogP contribution in [-0.2, 0) is 16.6 Å². The minimum absolute atomic E-state index is 0.0612. The maximum absolute atomic E-state index is 14.0. The molecule has 7 heteroatoms. The van der Waals surface area contributed by atoms with Crippen molar-refractivity contribution in [3.63, 3.8) is 0 Å². The number of rotatable bonds is 12. The topological polar surface area (TPSA) is 79.3 Å². The molecule has 2 fully saturated rings. The number of Topliss-reactive ketones (excluding diaryl/α,β-unsaturated/α-hetero) is 1. The van der Waals surface area contributed by atoms with Crippen LogP contribution in [0.25, 0.3) is 0 Å². The van der Waals surface area contributed by atoms with Crippen molar-refractivity contribution in [2.45, 2.75) is 88.8 Å². The summed E-state index contributed by atoms with van der Waals surface area (Å²) in [6.07, 6.45) is 7.64. The van der Waals surface area contributed by atoms with Gasteiger partial charge in [-0.25, -0.2) is 0 Å². The number of benzene rings is 2. The molecule has 2 bridgehead atoms. The largest absolute Gasteiger partial charge is 0.508 e. The lowest BCUT2D eigenvalue weighted by Crippen LogP contribution is -2.69. The molecule has 43 heavy (non-hydrogen) atoms. The highest BCUT2D eigenvalue weighted by Crippen LogP contribution is 2.65. The van der Waals surface area contributed by atoms with Gasteiger partial charge in [0.2, 0.25) is 5.91 Å². The van der Waals surface area contributed by atoms with Gasteiger partial charge in [0.1, 0.15) is 11.9 Å². The zero-order valence-corrected chi connectivity index (χ0v) is 25.9. The first kappa shape index (κ1) is 29.7. The maximum atomic E-state index is 14.0. The Morgan fingerprint density at radius 3 is 2.70 bits per heavy atom. The van der Waals surface area contributed by atoms with Crippen LogP contribution in [-0.4, -0.2) is 71.5 Å². The Balaban J connectivity index is 1.27. The quantitative estimate of drug-likeness (QED) is 0.189. The number of ether oxygens (including phenoxy) is 2. The van der Waals surface area contributed by atoms with Crippen molar-refractivity contribution in [1.29, 1.82) is 0 Å². The van der Waals surface area contributed by atoms with Crippen LogP contribution >= 0.6 is 0 Å². The number of ketones is 1. The smallest absolute Gasteiger partial charge is 0.222 e. The van der Waals surface area contributed by atoms with Crippen molar-refractivity contribution >= 4 is 11.7 Å². The third-order valence-electron chi connectivity index (χ3n) is 10.5. The van der Waals surface area contributed by atoms with Crippen molar-refractivity contribution in [3.8, 4) is 17.2 Å². The molecule has 2 aliphatic heterocycles. The number of nitrogens with zero attached hydrogens (tertiary/aromatic N) is 2. The van der Waals surface area contributed by atoms with Crippen LogP contribution in [0.1, 0.15) is 80.3 Å². The van der Waals surface area contributed by atoms with Crippen LogP contribution in [0, 0.1) is 11.8 Å². The van der Waals surface area contributed by atoms with Crippen LogP contribution < -0.4 is 9.47 Å². The van der Waals surface area contributed by atoms with Crippen molar-refractivity contribution in [1.82, 2.24) is 9.80 Å². The molecule has 0 aromatic heterocycles. The number of aromatic hydroxyl groups is 1. The van der Waals surface area contributed by atoms with E-state index in [0.717, 1.165) is 61.2 Å². The summed E-state index contributed by atoms with van der Waals surface area (Å²) in [5, 5.41) is 11.2. The van der Waals surface area contributed by atoms with Gasteiger partial charge in [-0.05, 0) is 56.9 Å². The molecule has 0 radical (unpaired) electrons. The number of likely N-dealkylation sites (tertiary alicyclic amines) is 1. The average Bonchev–Trinajstić information content (AvgIpc) is 3.35. The van der Waals surface area contributed by atoms with E-state index in [2.05, 4.69) is 30.2 Å². The summed E-state index contributed by atoms with van der Waals surface area (Å²) in [6, 6.07) is 11.3. The molecule has 1 spiro atoms. The van der Waals surface area contributed by atoms with Crippen LogP contribution in [0.5, 0.6) is 17.2 Å². The van der Waals surface area contributed by atoms with Gasteiger partial charge in [-0.3, -0.25) is 14.5 Å². The van der Waals surface area contributed by atoms with E-state index in [4.69, 9.17) is 9.47 Å². The van der Waals surface area contributed by atoms with Gasteiger partial charge in [0, 0.05) is 60.1 Å². The zero-order valence-electron chi connectivity index (χ0n) is 25.9. The fourth-order valence-corrected chi connectivity index (χ4v) is 8.80. The lowest BCUT2D eigenvalue weighted by molar-refractivity contribution is -0.143. The van der Waals surface area contributed by atoms with E-state index in [0.29, 0.717) is 55.9 Å². The molecular formula is C36H46N2O5. The van der Waals surface area contributed by atoms with Gasteiger partial charge < -0.3 is 19.5 Å². The predicted octanol–water partition coefficient (Wildman–Crippen LogP) is 5.92. The van der Waals surface area contributed by atoms with Crippen LogP contribution in [0.15, 0.2) is 49.1 Å². The fraction of sp³-hybridized carbons (Fsp3) is 0.556. The van der Waals surface area contributed by atoms with Crippen LogP contribution in [0.2, 0.25) is 0 Å². The molecule has 5 atom stereocenters. The van der Waals surface area contributed by atoms with E-state index < -0.39 is 0 Å². The van der Waals surface area contributed by atoms with Crippen molar-refractivity contribution in [2.24, 2.45) is 11.8 Å². The number of carbonyl (C=O) groups excluding carboxylic acids is 2. The zero-order chi connectivity index (χ0) is 30.3. The Hall–Kier alpha value is -3.32. The summed E-state index contributed by atoms with van der Waals surface area (Å²) in [5.41, 5.74) is 2.58. The van der Waals surface area contributed by atoms with Crippen LogP contribution in [0.3, 0.4) is 0 Å².